The Morgan fingerprint density at radius 1 is 1.06 bits per heavy atom. The molecule has 0 aliphatic heterocycles. The number of thioether (sulfide) groups is 1. The fraction of sp³-hybridized carbons (Fsp3) is 0.208. The van der Waals surface area contributed by atoms with E-state index >= 15 is 0 Å². The minimum Gasteiger partial charge on any atom is -0.353 e. The number of fused-ring (bicyclic) bond motifs is 1. The molecule has 2 aromatic carbocycles. The Morgan fingerprint density at radius 3 is 2.52 bits per heavy atom. The minimum atomic E-state index is -0.177. The van der Waals surface area contributed by atoms with E-state index in [2.05, 4.69) is 4.98 Å². The molecule has 0 bridgehead atoms. The zero-order chi connectivity index (χ0) is 22.1. The van der Waals surface area contributed by atoms with Gasteiger partial charge in [0.25, 0.3) is 5.56 Å². The molecule has 0 aliphatic rings. The summed E-state index contributed by atoms with van der Waals surface area (Å²) in [5, 5.41) is 0.492. The van der Waals surface area contributed by atoms with Crippen LogP contribution < -0.4 is 10.5 Å². The van der Waals surface area contributed by atoms with E-state index in [0.717, 1.165) is 28.2 Å². The molecule has 0 spiro atoms. The lowest BCUT2D eigenvalue weighted by Crippen LogP contribution is -2.28. The Balaban J connectivity index is 1.69. The summed E-state index contributed by atoms with van der Waals surface area (Å²) in [7, 11) is 1.76. The predicted molar refractivity (Wildman–Crippen MR) is 126 cm³/mol. The second kappa shape index (κ2) is 8.43. The van der Waals surface area contributed by atoms with E-state index in [1.807, 2.05) is 75.4 Å². The number of amides is 1. The lowest BCUT2D eigenvalue weighted by molar-refractivity contribution is -0.115. The smallest absolute Gasteiger partial charge is 0.283 e. The van der Waals surface area contributed by atoms with Gasteiger partial charge in [0.15, 0.2) is 5.16 Å². The average molecular weight is 433 g/mol. The number of rotatable bonds is 5. The van der Waals surface area contributed by atoms with Gasteiger partial charge in [-0.3, -0.25) is 14.2 Å². The number of carbonyl (C=O) groups is 1. The van der Waals surface area contributed by atoms with Gasteiger partial charge in [-0.1, -0.05) is 41.6 Å². The second-order valence-corrected chi connectivity index (χ2v) is 8.61. The molecule has 4 aromatic rings. The van der Waals surface area contributed by atoms with Gasteiger partial charge in [-0.05, 0) is 56.7 Å². The Morgan fingerprint density at radius 2 is 1.81 bits per heavy atom. The summed E-state index contributed by atoms with van der Waals surface area (Å²) in [6, 6.07) is 17.3. The number of hydrogen-bond donors (Lipinski definition) is 1. The highest BCUT2D eigenvalue weighted by molar-refractivity contribution is 7.99. The summed E-state index contributed by atoms with van der Waals surface area (Å²) in [6.07, 6.45) is 0. The van der Waals surface area contributed by atoms with Crippen LogP contribution in [0.25, 0.3) is 16.7 Å². The minimum absolute atomic E-state index is 0.0642. The van der Waals surface area contributed by atoms with E-state index in [1.165, 1.54) is 11.8 Å². The van der Waals surface area contributed by atoms with E-state index in [9.17, 15) is 9.59 Å². The third-order valence-electron chi connectivity index (χ3n) is 5.14. The van der Waals surface area contributed by atoms with E-state index in [4.69, 9.17) is 4.98 Å². The maximum atomic E-state index is 13.3. The van der Waals surface area contributed by atoms with Crippen molar-refractivity contribution in [1.82, 2.24) is 14.5 Å². The van der Waals surface area contributed by atoms with Crippen LogP contribution in [-0.4, -0.2) is 33.2 Å². The normalized spacial score (nSPS) is 11.1. The van der Waals surface area contributed by atoms with Crippen molar-refractivity contribution >= 4 is 34.4 Å². The molecule has 0 radical (unpaired) electrons. The fourth-order valence-corrected chi connectivity index (χ4v) is 4.33. The van der Waals surface area contributed by atoms with Crippen molar-refractivity contribution in [1.29, 1.82) is 0 Å². The molecule has 6 nitrogen and oxygen atoms in total. The monoisotopic (exact) mass is 432 g/mol. The van der Waals surface area contributed by atoms with Crippen LogP contribution in [0.15, 0.2) is 64.5 Å². The standard InChI is InChI=1S/C24H24N4O2S/c1-15-8-10-18(11-9-15)28-23(30)22-20(13-17(3)25-22)26-24(28)31-14-21(29)27(4)19-7-5-6-16(2)12-19/h5-13,25H,14H2,1-4H3. The van der Waals surface area contributed by atoms with Crippen molar-refractivity contribution in [2.75, 3.05) is 17.7 Å². The second-order valence-electron chi connectivity index (χ2n) is 7.66. The number of H-pyrrole nitrogens is 1. The van der Waals surface area contributed by atoms with Gasteiger partial charge in [-0.25, -0.2) is 4.98 Å². The quantitative estimate of drug-likeness (QED) is 0.375. The molecular formula is C24H24N4O2S. The SMILES string of the molecule is Cc1ccc(-n2c(SCC(=O)N(C)c3cccc(C)c3)nc3cc(C)[nH]c3c2=O)cc1. The summed E-state index contributed by atoms with van der Waals surface area (Å²) in [6.45, 7) is 5.89. The molecule has 2 aromatic heterocycles. The van der Waals surface area contributed by atoms with Crippen LogP contribution in [0, 0.1) is 20.8 Å². The number of carbonyl (C=O) groups excluding carboxylic acids is 1. The summed E-state index contributed by atoms with van der Waals surface area (Å²) in [5.74, 6) is 0.100. The van der Waals surface area contributed by atoms with Crippen molar-refractivity contribution in [3.8, 4) is 5.69 Å². The molecule has 4 rings (SSSR count). The van der Waals surface area contributed by atoms with Crippen molar-refractivity contribution in [3.05, 3.63) is 81.8 Å². The lowest BCUT2D eigenvalue weighted by Gasteiger charge is -2.18. The Kier molecular flexibility index (Phi) is 5.69. The average Bonchev–Trinajstić information content (AvgIpc) is 3.13. The highest BCUT2D eigenvalue weighted by atomic mass is 32.2. The molecule has 31 heavy (non-hydrogen) atoms. The topological polar surface area (TPSA) is 71.0 Å². The lowest BCUT2D eigenvalue weighted by atomic mass is 10.2. The number of aromatic nitrogens is 3. The van der Waals surface area contributed by atoms with Gasteiger partial charge in [0.1, 0.15) is 5.52 Å². The molecule has 0 fully saturated rings. The molecule has 1 amide bonds. The third-order valence-corrected chi connectivity index (χ3v) is 6.06. The number of benzene rings is 2. The summed E-state index contributed by atoms with van der Waals surface area (Å²) >= 11 is 1.27. The Labute approximate surface area is 184 Å². The van der Waals surface area contributed by atoms with Gasteiger partial charge in [0, 0.05) is 18.4 Å². The fourth-order valence-electron chi connectivity index (χ4n) is 3.40. The van der Waals surface area contributed by atoms with Crippen LogP contribution in [0.4, 0.5) is 5.69 Å². The van der Waals surface area contributed by atoms with Crippen LogP contribution in [0.2, 0.25) is 0 Å². The van der Waals surface area contributed by atoms with Crippen LogP contribution >= 0.6 is 11.8 Å². The number of nitrogens with zero attached hydrogens (tertiary/aromatic N) is 3. The summed E-state index contributed by atoms with van der Waals surface area (Å²) in [4.78, 5) is 35.6. The summed E-state index contributed by atoms with van der Waals surface area (Å²) in [5.41, 5.74) is 5.51. The molecule has 158 valence electrons. The number of aromatic amines is 1. The molecule has 0 atom stereocenters. The maximum Gasteiger partial charge on any atom is 0.283 e. The van der Waals surface area contributed by atoms with E-state index in [0.29, 0.717) is 16.2 Å². The molecule has 0 saturated carbocycles. The van der Waals surface area contributed by atoms with E-state index < -0.39 is 0 Å². The highest BCUT2D eigenvalue weighted by Crippen LogP contribution is 2.23. The molecule has 7 heteroatoms. The van der Waals surface area contributed by atoms with E-state index in [1.54, 1.807) is 16.5 Å². The van der Waals surface area contributed by atoms with E-state index in [-0.39, 0.29) is 17.2 Å². The number of nitrogens with one attached hydrogen (secondary N) is 1. The van der Waals surface area contributed by atoms with Crippen LogP contribution in [-0.2, 0) is 4.79 Å². The molecule has 0 unspecified atom stereocenters. The van der Waals surface area contributed by atoms with Gasteiger partial charge in [-0.15, -0.1) is 0 Å². The first-order chi connectivity index (χ1) is 14.8. The largest absolute Gasteiger partial charge is 0.353 e. The van der Waals surface area contributed by atoms with Crippen molar-refractivity contribution < 1.29 is 4.79 Å². The first-order valence-electron chi connectivity index (χ1n) is 9.99. The third kappa shape index (κ3) is 4.27. The first kappa shape index (κ1) is 20.9. The van der Waals surface area contributed by atoms with Gasteiger partial charge < -0.3 is 9.88 Å². The highest BCUT2D eigenvalue weighted by Gasteiger charge is 2.18. The Bertz CT molecular complexity index is 1320. The molecule has 1 N–H and O–H groups in total. The number of hydrogen-bond acceptors (Lipinski definition) is 4. The van der Waals surface area contributed by atoms with Gasteiger partial charge in [-0.2, -0.15) is 0 Å². The van der Waals surface area contributed by atoms with Gasteiger partial charge in [0.05, 0.1) is 17.0 Å². The summed E-state index contributed by atoms with van der Waals surface area (Å²) < 4.78 is 1.57. The first-order valence-corrected chi connectivity index (χ1v) is 11.0. The van der Waals surface area contributed by atoms with Crippen molar-refractivity contribution in [2.24, 2.45) is 0 Å². The van der Waals surface area contributed by atoms with Gasteiger partial charge in [0.2, 0.25) is 5.91 Å². The number of aryl methyl sites for hydroxylation is 3. The van der Waals surface area contributed by atoms with Crippen LogP contribution in [0.1, 0.15) is 16.8 Å². The van der Waals surface area contributed by atoms with Gasteiger partial charge >= 0.3 is 0 Å². The van der Waals surface area contributed by atoms with Crippen molar-refractivity contribution in [3.63, 3.8) is 0 Å². The van der Waals surface area contributed by atoms with Crippen LogP contribution in [0.5, 0.6) is 0 Å². The predicted octanol–water partition coefficient (Wildman–Crippen LogP) is 4.39. The molecule has 0 aliphatic carbocycles. The number of anilines is 1. The zero-order valence-corrected chi connectivity index (χ0v) is 18.8. The molecular weight excluding hydrogens is 408 g/mol. The zero-order valence-electron chi connectivity index (χ0n) is 18.0. The van der Waals surface area contributed by atoms with Crippen molar-refractivity contribution in [2.45, 2.75) is 25.9 Å². The molecule has 0 saturated heterocycles. The Hall–Kier alpha value is -3.32. The van der Waals surface area contributed by atoms with Crippen LogP contribution in [0.3, 0.4) is 0 Å². The maximum absolute atomic E-state index is 13.3. The molecule has 2 heterocycles.